The average molecular weight is 395 g/mol. The van der Waals surface area contributed by atoms with Gasteiger partial charge in [-0.3, -0.25) is 4.79 Å². The molecule has 0 saturated heterocycles. The quantitative estimate of drug-likeness (QED) is 0.705. The second-order valence-electron chi connectivity index (χ2n) is 5.81. The number of amides is 1. The zero-order chi connectivity index (χ0) is 19.9. The minimum atomic E-state index is -3.63. The van der Waals surface area contributed by atoms with Gasteiger partial charge in [-0.15, -0.1) is 0 Å². The van der Waals surface area contributed by atoms with Crippen LogP contribution in [0.25, 0.3) is 0 Å². The van der Waals surface area contributed by atoms with Crippen molar-refractivity contribution in [2.24, 2.45) is 0 Å². The Morgan fingerprint density at radius 1 is 1.04 bits per heavy atom. The van der Waals surface area contributed by atoms with Crippen molar-refractivity contribution < 1.29 is 27.1 Å². The fourth-order valence-corrected chi connectivity index (χ4v) is 3.69. The molecule has 1 N–H and O–H groups in total. The van der Waals surface area contributed by atoms with Gasteiger partial charge in [0.15, 0.2) is 21.3 Å². The summed E-state index contributed by atoms with van der Waals surface area (Å²) >= 11 is 0. The van der Waals surface area contributed by atoms with Gasteiger partial charge in [0.2, 0.25) is 5.91 Å². The minimum absolute atomic E-state index is 0.0688. The van der Waals surface area contributed by atoms with E-state index in [1.807, 2.05) is 0 Å². The van der Waals surface area contributed by atoms with Crippen molar-refractivity contribution in [2.75, 3.05) is 26.5 Å². The van der Waals surface area contributed by atoms with Crippen LogP contribution in [0.15, 0.2) is 47.4 Å². The van der Waals surface area contributed by atoms with Crippen LogP contribution in [0.3, 0.4) is 0 Å². The summed E-state index contributed by atoms with van der Waals surface area (Å²) in [6.45, 7) is 0.348. The molecule has 0 aliphatic carbocycles. The van der Waals surface area contributed by atoms with E-state index >= 15 is 0 Å². The summed E-state index contributed by atoms with van der Waals surface area (Å²) in [5.41, 5.74) is 0.884. The first-order chi connectivity index (χ1) is 12.9. The molecule has 0 heterocycles. The molecule has 146 valence electrons. The van der Waals surface area contributed by atoms with E-state index in [-0.39, 0.29) is 28.8 Å². The maximum Gasteiger partial charge on any atom is 0.221 e. The Labute approximate surface area is 158 Å². The van der Waals surface area contributed by atoms with Crippen molar-refractivity contribution in [3.8, 4) is 11.5 Å². The fraction of sp³-hybridized carbons (Fsp3) is 0.316. The molecule has 0 aliphatic heterocycles. The molecule has 0 bridgehead atoms. The third-order valence-corrected chi connectivity index (χ3v) is 5.67. The topological polar surface area (TPSA) is 81.7 Å². The molecule has 0 fully saturated rings. The minimum Gasteiger partial charge on any atom is -0.493 e. The van der Waals surface area contributed by atoms with E-state index in [1.54, 1.807) is 12.1 Å². The standard InChI is InChI=1S/C19H22FNO5S/c1-25-17-8-7-16(13-18(17)26-2)27(23,24)12-10-19(22)21-11-9-14-3-5-15(20)6-4-14/h3-8,13H,9-12H2,1-2H3,(H,21,22). The molecular formula is C19H22FNO5S. The van der Waals surface area contributed by atoms with Crippen LogP contribution >= 0.6 is 0 Å². The first kappa shape index (κ1) is 20.7. The van der Waals surface area contributed by atoms with Gasteiger partial charge in [-0.05, 0) is 36.2 Å². The lowest BCUT2D eigenvalue weighted by Crippen LogP contribution is -2.27. The summed E-state index contributed by atoms with van der Waals surface area (Å²) < 4.78 is 47.9. The maximum absolute atomic E-state index is 12.8. The van der Waals surface area contributed by atoms with Gasteiger partial charge in [-0.1, -0.05) is 12.1 Å². The van der Waals surface area contributed by atoms with Gasteiger partial charge in [0.05, 0.1) is 24.9 Å². The Kier molecular flexibility index (Phi) is 7.18. The molecule has 6 nitrogen and oxygen atoms in total. The SMILES string of the molecule is COc1ccc(S(=O)(=O)CCC(=O)NCCc2ccc(F)cc2)cc1OC. The molecule has 0 unspecified atom stereocenters. The highest BCUT2D eigenvalue weighted by molar-refractivity contribution is 7.91. The van der Waals surface area contributed by atoms with Gasteiger partial charge in [-0.25, -0.2) is 12.8 Å². The van der Waals surface area contributed by atoms with Crippen molar-refractivity contribution in [3.63, 3.8) is 0 Å². The van der Waals surface area contributed by atoms with Crippen molar-refractivity contribution in [1.82, 2.24) is 5.32 Å². The van der Waals surface area contributed by atoms with Crippen LogP contribution < -0.4 is 14.8 Å². The molecule has 0 radical (unpaired) electrons. The summed E-state index contributed by atoms with van der Waals surface area (Å²) in [5, 5.41) is 2.67. The smallest absolute Gasteiger partial charge is 0.221 e. The second-order valence-corrected chi connectivity index (χ2v) is 7.92. The molecule has 2 rings (SSSR count). The van der Waals surface area contributed by atoms with Gasteiger partial charge in [0, 0.05) is 19.0 Å². The number of halogens is 1. The average Bonchev–Trinajstić information content (AvgIpc) is 2.67. The van der Waals surface area contributed by atoms with E-state index in [0.29, 0.717) is 24.5 Å². The molecule has 0 spiro atoms. The molecule has 8 heteroatoms. The van der Waals surface area contributed by atoms with Gasteiger partial charge in [0.1, 0.15) is 5.82 Å². The highest BCUT2D eigenvalue weighted by Gasteiger charge is 2.18. The van der Waals surface area contributed by atoms with E-state index < -0.39 is 9.84 Å². The lowest BCUT2D eigenvalue weighted by atomic mass is 10.1. The predicted octanol–water partition coefficient (Wildman–Crippen LogP) is 2.37. The number of nitrogens with one attached hydrogen (secondary N) is 1. The van der Waals surface area contributed by atoms with Crippen LogP contribution in [0, 0.1) is 5.82 Å². The van der Waals surface area contributed by atoms with E-state index in [1.165, 1.54) is 44.6 Å². The third-order valence-electron chi connectivity index (χ3n) is 3.96. The first-order valence-corrected chi connectivity index (χ1v) is 9.97. The number of methoxy groups -OCH3 is 2. The molecule has 2 aromatic carbocycles. The summed E-state index contributed by atoms with van der Waals surface area (Å²) in [4.78, 5) is 12.0. The fourth-order valence-electron chi connectivity index (χ4n) is 2.44. The van der Waals surface area contributed by atoms with Crippen molar-refractivity contribution in [1.29, 1.82) is 0 Å². The molecule has 27 heavy (non-hydrogen) atoms. The molecule has 0 saturated carbocycles. The van der Waals surface area contributed by atoms with Crippen LogP contribution in [0.1, 0.15) is 12.0 Å². The number of hydrogen-bond donors (Lipinski definition) is 1. The summed E-state index contributed by atoms with van der Waals surface area (Å²) in [6.07, 6.45) is 0.383. The van der Waals surface area contributed by atoms with E-state index in [0.717, 1.165) is 5.56 Å². The van der Waals surface area contributed by atoms with Crippen LogP contribution in [-0.4, -0.2) is 40.8 Å². The van der Waals surface area contributed by atoms with E-state index in [2.05, 4.69) is 5.32 Å². The number of rotatable bonds is 9. The monoisotopic (exact) mass is 395 g/mol. The maximum atomic E-state index is 12.8. The number of carbonyl (C=O) groups excluding carboxylic acids is 1. The molecule has 0 aromatic heterocycles. The highest BCUT2D eigenvalue weighted by Crippen LogP contribution is 2.29. The zero-order valence-corrected chi connectivity index (χ0v) is 16.0. The number of ether oxygens (including phenoxy) is 2. The normalized spacial score (nSPS) is 11.1. The van der Waals surface area contributed by atoms with Crippen LogP contribution in [-0.2, 0) is 21.1 Å². The number of sulfone groups is 1. The lowest BCUT2D eigenvalue weighted by molar-refractivity contribution is -0.120. The van der Waals surface area contributed by atoms with Gasteiger partial charge in [0.25, 0.3) is 0 Å². The van der Waals surface area contributed by atoms with Crippen LogP contribution in [0.4, 0.5) is 4.39 Å². The third kappa shape index (κ3) is 5.96. The summed E-state index contributed by atoms with van der Waals surface area (Å²) in [5.74, 6) is -0.258. The molecule has 0 aliphatic rings. The Balaban J connectivity index is 1.87. The van der Waals surface area contributed by atoms with Crippen LogP contribution in [0.2, 0.25) is 0 Å². The lowest BCUT2D eigenvalue weighted by Gasteiger charge is -2.10. The van der Waals surface area contributed by atoms with Gasteiger partial charge in [-0.2, -0.15) is 0 Å². The highest BCUT2D eigenvalue weighted by atomic mass is 32.2. The summed E-state index contributed by atoms with van der Waals surface area (Å²) in [7, 11) is -0.753. The van der Waals surface area contributed by atoms with Crippen LogP contribution in [0.5, 0.6) is 11.5 Å². The summed E-state index contributed by atoms with van der Waals surface area (Å²) in [6, 6.07) is 10.3. The first-order valence-electron chi connectivity index (χ1n) is 8.31. The van der Waals surface area contributed by atoms with Crippen molar-refractivity contribution in [2.45, 2.75) is 17.7 Å². The number of hydrogen-bond acceptors (Lipinski definition) is 5. The Hall–Kier alpha value is -2.61. The Bertz CT molecular complexity index is 881. The van der Waals surface area contributed by atoms with Gasteiger partial charge >= 0.3 is 0 Å². The van der Waals surface area contributed by atoms with Crippen molar-refractivity contribution in [3.05, 3.63) is 53.8 Å². The molecule has 2 aromatic rings. The number of carbonyl (C=O) groups is 1. The predicted molar refractivity (Wildman–Crippen MR) is 99.3 cm³/mol. The Morgan fingerprint density at radius 3 is 2.33 bits per heavy atom. The van der Waals surface area contributed by atoms with Gasteiger partial charge < -0.3 is 14.8 Å². The molecule has 1 amide bonds. The van der Waals surface area contributed by atoms with E-state index in [9.17, 15) is 17.6 Å². The van der Waals surface area contributed by atoms with Crippen molar-refractivity contribution >= 4 is 15.7 Å². The van der Waals surface area contributed by atoms with E-state index in [4.69, 9.17) is 9.47 Å². The molecule has 0 atom stereocenters. The zero-order valence-electron chi connectivity index (χ0n) is 15.2. The largest absolute Gasteiger partial charge is 0.493 e. The number of benzene rings is 2. The Morgan fingerprint density at radius 2 is 1.70 bits per heavy atom. The second kappa shape index (κ2) is 9.36. The molecular weight excluding hydrogens is 373 g/mol.